The minimum absolute atomic E-state index is 0.00507. The molecule has 2 saturated carbocycles. The summed E-state index contributed by atoms with van der Waals surface area (Å²) in [7, 11) is 0. The lowest BCUT2D eigenvalue weighted by molar-refractivity contribution is -0.124. The number of carbonyl (C=O) groups is 2. The molecule has 1 amide bonds. The van der Waals surface area contributed by atoms with E-state index >= 15 is 0 Å². The highest BCUT2D eigenvalue weighted by Gasteiger charge is 2.38. The second-order valence-electron chi connectivity index (χ2n) is 12.0. The molecule has 1 unspecified atom stereocenters. The van der Waals surface area contributed by atoms with Gasteiger partial charge in [0.1, 0.15) is 4.88 Å². The van der Waals surface area contributed by atoms with Crippen molar-refractivity contribution in [1.82, 2.24) is 5.32 Å². The molecule has 1 saturated heterocycles. The first kappa shape index (κ1) is 27.2. The average Bonchev–Trinajstić information content (AvgIpc) is 3.49. The quantitative estimate of drug-likeness (QED) is 0.477. The summed E-state index contributed by atoms with van der Waals surface area (Å²) in [5, 5.41) is 13.4. The Labute approximate surface area is 220 Å². The van der Waals surface area contributed by atoms with Gasteiger partial charge in [0, 0.05) is 23.9 Å². The number of aromatic carboxylic acids is 1. The minimum atomic E-state index is -0.986. The Balaban J connectivity index is 1.60. The Morgan fingerprint density at radius 2 is 1.75 bits per heavy atom. The van der Waals surface area contributed by atoms with Gasteiger partial charge in [-0.05, 0) is 97.1 Å². The van der Waals surface area contributed by atoms with Crippen LogP contribution in [0.5, 0.6) is 0 Å². The van der Waals surface area contributed by atoms with E-state index in [0.29, 0.717) is 16.5 Å². The number of nitrogens with zero attached hydrogens (tertiary/aromatic N) is 1. The molecular weight excluding hydrogens is 472 g/mol. The maximum Gasteiger partial charge on any atom is 0.348 e. The van der Waals surface area contributed by atoms with Crippen LogP contribution in [0.15, 0.2) is 6.07 Å². The number of carboxylic acids is 1. The molecule has 198 valence electrons. The third-order valence-electron chi connectivity index (χ3n) is 7.74. The van der Waals surface area contributed by atoms with Gasteiger partial charge in [0.15, 0.2) is 0 Å². The molecular formula is C29H42N2O4S. The number of carboxylic acid groups (broad SMARTS) is 1. The first-order chi connectivity index (χ1) is 17.1. The fourth-order valence-electron chi connectivity index (χ4n) is 5.68. The number of thiophene rings is 1. The molecule has 0 aromatic carbocycles. The predicted octanol–water partition coefficient (Wildman–Crippen LogP) is 5.69. The summed E-state index contributed by atoms with van der Waals surface area (Å²) in [4.78, 5) is 29.1. The van der Waals surface area contributed by atoms with Crippen molar-refractivity contribution in [2.24, 2.45) is 17.3 Å². The number of hydrogen-bond acceptors (Lipinski definition) is 5. The van der Waals surface area contributed by atoms with Crippen molar-refractivity contribution in [2.45, 2.75) is 104 Å². The summed E-state index contributed by atoms with van der Waals surface area (Å²) in [6, 6.07) is 1.85. The van der Waals surface area contributed by atoms with Gasteiger partial charge < -0.3 is 20.1 Å². The smallest absolute Gasteiger partial charge is 0.348 e. The lowest BCUT2D eigenvalue weighted by Gasteiger charge is -2.40. The maximum atomic E-state index is 14.0. The van der Waals surface area contributed by atoms with E-state index in [0.717, 1.165) is 70.9 Å². The highest BCUT2D eigenvalue weighted by atomic mass is 32.1. The fourth-order valence-corrected chi connectivity index (χ4v) is 6.52. The van der Waals surface area contributed by atoms with Gasteiger partial charge in [0.05, 0.1) is 22.8 Å². The molecule has 3 aliphatic rings. The van der Waals surface area contributed by atoms with Gasteiger partial charge in [0.2, 0.25) is 5.91 Å². The third-order valence-corrected chi connectivity index (χ3v) is 8.77. The minimum Gasteiger partial charge on any atom is -0.477 e. The van der Waals surface area contributed by atoms with Crippen LogP contribution in [0.1, 0.15) is 100 Å². The van der Waals surface area contributed by atoms with Crippen molar-refractivity contribution in [2.75, 3.05) is 18.0 Å². The molecule has 0 radical (unpaired) electrons. The lowest BCUT2D eigenvalue weighted by atomic mass is 9.81. The zero-order chi connectivity index (χ0) is 25.9. The Bertz CT molecular complexity index is 979. The van der Waals surface area contributed by atoms with Gasteiger partial charge in [-0.3, -0.25) is 4.79 Å². The molecule has 7 heteroatoms. The van der Waals surface area contributed by atoms with E-state index in [1.54, 1.807) is 0 Å². The molecule has 0 spiro atoms. The van der Waals surface area contributed by atoms with Crippen molar-refractivity contribution in [3.05, 3.63) is 15.8 Å². The Hall–Kier alpha value is -1.88. The Morgan fingerprint density at radius 1 is 1.06 bits per heavy atom. The Kier molecular flexibility index (Phi) is 8.80. The van der Waals surface area contributed by atoms with Crippen molar-refractivity contribution < 1.29 is 19.4 Å². The average molecular weight is 515 g/mol. The number of nitrogens with one attached hydrogen (secondary N) is 1. The SMILES string of the molecule is CC1CCC(C(=O)N(c2cc(C#CC(C)(C)C)sc2C(=O)O)C2CCC(OC3CCNC3)CC2)CC1. The number of rotatable bonds is 6. The number of anilines is 1. The summed E-state index contributed by atoms with van der Waals surface area (Å²) >= 11 is 1.19. The number of amides is 1. The van der Waals surface area contributed by atoms with Crippen LogP contribution in [0.4, 0.5) is 5.69 Å². The molecule has 2 N–H and O–H groups in total. The van der Waals surface area contributed by atoms with E-state index in [-0.39, 0.29) is 40.4 Å². The van der Waals surface area contributed by atoms with Gasteiger partial charge >= 0.3 is 5.97 Å². The normalized spacial score (nSPS) is 28.8. The second-order valence-corrected chi connectivity index (χ2v) is 13.0. The lowest BCUT2D eigenvalue weighted by Crippen LogP contribution is -2.47. The molecule has 1 atom stereocenters. The monoisotopic (exact) mass is 514 g/mol. The van der Waals surface area contributed by atoms with E-state index in [9.17, 15) is 14.7 Å². The standard InChI is InChI=1S/C29H42N2O4S/c1-19-5-7-20(8-6-19)27(32)31(21-9-11-22(12-10-21)35-23-14-16-30-18-23)25-17-24(13-15-29(2,3)4)36-26(25)28(33)34/h17,19-23,30H,5-12,14,16,18H2,1-4H3,(H,33,34). The van der Waals surface area contributed by atoms with Crippen molar-refractivity contribution in [3.63, 3.8) is 0 Å². The first-order valence-electron chi connectivity index (χ1n) is 13.7. The second kappa shape index (κ2) is 11.7. The largest absolute Gasteiger partial charge is 0.477 e. The zero-order valence-electron chi connectivity index (χ0n) is 22.3. The molecule has 3 fully saturated rings. The van der Waals surface area contributed by atoms with Crippen LogP contribution in [-0.2, 0) is 9.53 Å². The van der Waals surface area contributed by atoms with Crippen molar-refractivity contribution >= 4 is 28.9 Å². The molecule has 4 rings (SSSR count). The summed E-state index contributed by atoms with van der Waals surface area (Å²) in [6.45, 7) is 10.3. The van der Waals surface area contributed by atoms with Crippen LogP contribution in [0, 0.1) is 29.1 Å². The van der Waals surface area contributed by atoms with E-state index in [1.165, 1.54) is 11.3 Å². The van der Waals surface area contributed by atoms with Gasteiger partial charge in [-0.1, -0.05) is 18.8 Å². The zero-order valence-corrected chi connectivity index (χ0v) is 23.1. The molecule has 2 heterocycles. The van der Waals surface area contributed by atoms with Crippen LogP contribution in [0.25, 0.3) is 0 Å². The fraction of sp³-hybridized carbons (Fsp3) is 0.724. The van der Waals surface area contributed by atoms with Crippen LogP contribution in [0.2, 0.25) is 0 Å². The molecule has 1 aromatic rings. The molecule has 2 aliphatic carbocycles. The third kappa shape index (κ3) is 6.90. The summed E-state index contributed by atoms with van der Waals surface area (Å²) in [6.07, 6.45) is 8.89. The molecule has 1 aliphatic heterocycles. The number of ether oxygens (including phenoxy) is 1. The van der Waals surface area contributed by atoms with Crippen LogP contribution in [0.3, 0.4) is 0 Å². The van der Waals surface area contributed by atoms with Crippen LogP contribution >= 0.6 is 11.3 Å². The highest BCUT2D eigenvalue weighted by Crippen LogP contribution is 2.39. The van der Waals surface area contributed by atoms with E-state index in [4.69, 9.17) is 4.74 Å². The topological polar surface area (TPSA) is 78.9 Å². The van der Waals surface area contributed by atoms with Gasteiger partial charge in [-0.25, -0.2) is 4.79 Å². The van der Waals surface area contributed by atoms with Crippen molar-refractivity contribution in [1.29, 1.82) is 0 Å². The predicted molar refractivity (Wildman–Crippen MR) is 145 cm³/mol. The molecule has 6 nitrogen and oxygen atoms in total. The van der Waals surface area contributed by atoms with Crippen LogP contribution < -0.4 is 10.2 Å². The van der Waals surface area contributed by atoms with Gasteiger partial charge in [-0.15, -0.1) is 11.3 Å². The molecule has 1 aromatic heterocycles. The highest BCUT2D eigenvalue weighted by molar-refractivity contribution is 7.15. The Morgan fingerprint density at radius 3 is 2.33 bits per heavy atom. The van der Waals surface area contributed by atoms with E-state index < -0.39 is 5.97 Å². The van der Waals surface area contributed by atoms with Gasteiger partial charge in [0.25, 0.3) is 0 Å². The maximum absolute atomic E-state index is 14.0. The van der Waals surface area contributed by atoms with Gasteiger partial charge in [-0.2, -0.15) is 0 Å². The summed E-state index contributed by atoms with van der Waals surface area (Å²) < 4.78 is 6.33. The number of hydrogen-bond donors (Lipinski definition) is 2. The van der Waals surface area contributed by atoms with Crippen LogP contribution in [-0.4, -0.2) is 48.3 Å². The van der Waals surface area contributed by atoms with E-state index in [2.05, 4.69) is 24.1 Å². The summed E-state index contributed by atoms with van der Waals surface area (Å²) in [5.41, 5.74) is 0.355. The number of carbonyl (C=O) groups excluding carboxylic acids is 1. The first-order valence-corrected chi connectivity index (χ1v) is 14.5. The van der Waals surface area contributed by atoms with Crippen molar-refractivity contribution in [3.8, 4) is 11.8 Å². The summed E-state index contributed by atoms with van der Waals surface area (Å²) in [5.74, 6) is 6.11. The molecule has 0 bridgehead atoms. The van der Waals surface area contributed by atoms with E-state index in [1.807, 2.05) is 31.7 Å². The molecule has 36 heavy (non-hydrogen) atoms.